The van der Waals surface area contributed by atoms with Crippen LogP contribution in [0.4, 0.5) is 0 Å². The quantitative estimate of drug-likeness (QED) is 0.675. The number of ether oxygens (including phenoxy) is 1. The van der Waals surface area contributed by atoms with Crippen molar-refractivity contribution in [1.82, 2.24) is 5.32 Å². The lowest BCUT2D eigenvalue weighted by atomic mass is 9.78. The number of carbonyl (C=O) groups excluding carboxylic acids is 1. The first-order chi connectivity index (χ1) is 5.69. The minimum Gasteiger partial charge on any atom is -0.381 e. The van der Waals surface area contributed by atoms with Gasteiger partial charge in [0.15, 0.2) is 5.78 Å². The zero-order valence-corrected chi connectivity index (χ0v) is 7.85. The second kappa shape index (κ2) is 4.01. The van der Waals surface area contributed by atoms with E-state index in [1.54, 1.807) is 7.05 Å². The average Bonchev–Trinajstić information content (AvgIpc) is 2.06. The van der Waals surface area contributed by atoms with E-state index >= 15 is 0 Å². The highest BCUT2D eigenvalue weighted by atomic mass is 16.5. The SMILES string of the molecule is CNCC(=O)C1(C)CCOCC1. The molecule has 70 valence electrons. The van der Waals surface area contributed by atoms with Crippen molar-refractivity contribution >= 4 is 5.78 Å². The summed E-state index contributed by atoms with van der Waals surface area (Å²) in [5, 5.41) is 2.90. The van der Waals surface area contributed by atoms with Crippen LogP contribution in [-0.2, 0) is 9.53 Å². The van der Waals surface area contributed by atoms with Crippen LogP contribution in [0.1, 0.15) is 19.8 Å². The molecule has 0 atom stereocenters. The Labute approximate surface area is 73.5 Å². The summed E-state index contributed by atoms with van der Waals surface area (Å²) in [6.45, 7) is 3.98. The van der Waals surface area contributed by atoms with Crippen molar-refractivity contribution in [2.45, 2.75) is 19.8 Å². The lowest BCUT2D eigenvalue weighted by Gasteiger charge is -2.31. The van der Waals surface area contributed by atoms with Gasteiger partial charge in [0.25, 0.3) is 0 Å². The van der Waals surface area contributed by atoms with Crippen molar-refractivity contribution in [3.8, 4) is 0 Å². The largest absolute Gasteiger partial charge is 0.381 e. The molecule has 0 aromatic heterocycles. The van der Waals surface area contributed by atoms with Gasteiger partial charge in [-0.05, 0) is 19.9 Å². The third-order valence-electron chi connectivity index (χ3n) is 2.61. The fourth-order valence-corrected chi connectivity index (χ4v) is 1.47. The van der Waals surface area contributed by atoms with E-state index in [0.29, 0.717) is 12.3 Å². The fourth-order valence-electron chi connectivity index (χ4n) is 1.47. The zero-order valence-electron chi connectivity index (χ0n) is 7.85. The van der Waals surface area contributed by atoms with Crippen LogP contribution in [0.3, 0.4) is 0 Å². The predicted octanol–water partition coefficient (Wildman–Crippen LogP) is 0.592. The first-order valence-corrected chi connectivity index (χ1v) is 4.45. The maximum absolute atomic E-state index is 11.6. The first-order valence-electron chi connectivity index (χ1n) is 4.45. The summed E-state index contributed by atoms with van der Waals surface area (Å²) >= 11 is 0. The molecule has 0 unspecified atom stereocenters. The Balaban J connectivity index is 2.50. The third-order valence-corrected chi connectivity index (χ3v) is 2.61. The second-order valence-corrected chi connectivity index (χ2v) is 3.63. The van der Waals surface area contributed by atoms with E-state index in [2.05, 4.69) is 5.32 Å². The molecule has 0 spiro atoms. The van der Waals surface area contributed by atoms with Crippen LogP contribution in [0.2, 0.25) is 0 Å². The number of nitrogens with one attached hydrogen (secondary N) is 1. The van der Waals surface area contributed by atoms with Crippen molar-refractivity contribution in [3.63, 3.8) is 0 Å². The molecule has 1 heterocycles. The monoisotopic (exact) mass is 171 g/mol. The van der Waals surface area contributed by atoms with Gasteiger partial charge < -0.3 is 10.1 Å². The molecule has 1 saturated heterocycles. The Kier molecular flexibility index (Phi) is 3.23. The van der Waals surface area contributed by atoms with Gasteiger partial charge in [-0.15, -0.1) is 0 Å². The van der Waals surface area contributed by atoms with Gasteiger partial charge in [0, 0.05) is 18.6 Å². The zero-order chi connectivity index (χ0) is 9.03. The Morgan fingerprint density at radius 2 is 2.08 bits per heavy atom. The Hall–Kier alpha value is -0.410. The molecule has 0 amide bonds. The molecule has 0 bridgehead atoms. The van der Waals surface area contributed by atoms with E-state index in [4.69, 9.17) is 4.74 Å². The molecule has 0 aromatic rings. The summed E-state index contributed by atoms with van der Waals surface area (Å²) in [6.07, 6.45) is 1.74. The van der Waals surface area contributed by atoms with Crippen molar-refractivity contribution in [2.24, 2.45) is 5.41 Å². The molecule has 3 nitrogen and oxygen atoms in total. The molecule has 1 aliphatic heterocycles. The Morgan fingerprint density at radius 1 is 1.50 bits per heavy atom. The average molecular weight is 171 g/mol. The molecule has 12 heavy (non-hydrogen) atoms. The molecule has 0 radical (unpaired) electrons. The van der Waals surface area contributed by atoms with Crippen LogP contribution in [0, 0.1) is 5.41 Å². The Bertz CT molecular complexity index is 162. The molecular weight excluding hydrogens is 154 g/mol. The van der Waals surface area contributed by atoms with Crippen LogP contribution < -0.4 is 5.32 Å². The summed E-state index contributed by atoms with van der Waals surface area (Å²) in [7, 11) is 1.81. The summed E-state index contributed by atoms with van der Waals surface area (Å²) in [5.41, 5.74) is -0.138. The van der Waals surface area contributed by atoms with Gasteiger partial charge in [0.1, 0.15) is 0 Å². The van der Waals surface area contributed by atoms with Crippen molar-refractivity contribution in [2.75, 3.05) is 26.8 Å². The minimum atomic E-state index is -0.138. The lowest BCUT2D eigenvalue weighted by Crippen LogP contribution is -2.39. The van der Waals surface area contributed by atoms with E-state index in [1.165, 1.54) is 0 Å². The molecule has 3 heteroatoms. The standard InChI is InChI=1S/C9H17NO2/c1-9(8(11)7-10-2)3-5-12-6-4-9/h10H,3-7H2,1-2H3. The topological polar surface area (TPSA) is 38.3 Å². The second-order valence-electron chi connectivity index (χ2n) is 3.63. The lowest BCUT2D eigenvalue weighted by molar-refractivity contribution is -0.131. The highest BCUT2D eigenvalue weighted by Crippen LogP contribution is 2.30. The van der Waals surface area contributed by atoms with E-state index in [1.807, 2.05) is 6.92 Å². The van der Waals surface area contributed by atoms with Gasteiger partial charge in [-0.2, -0.15) is 0 Å². The highest BCUT2D eigenvalue weighted by Gasteiger charge is 2.33. The van der Waals surface area contributed by atoms with E-state index in [-0.39, 0.29) is 5.41 Å². The number of carbonyl (C=O) groups is 1. The number of rotatable bonds is 3. The first kappa shape index (κ1) is 9.68. The van der Waals surface area contributed by atoms with Crippen LogP contribution in [0.25, 0.3) is 0 Å². The van der Waals surface area contributed by atoms with Gasteiger partial charge in [-0.3, -0.25) is 4.79 Å². The van der Waals surface area contributed by atoms with Gasteiger partial charge in [0.2, 0.25) is 0 Å². The van der Waals surface area contributed by atoms with Gasteiger partial charge in [-0.1, -0.05) is 6.92 Å². The van der Waals surface area contributed by atoms with Crippen LogP contribution in [-0.4, -0.2) is 32.6 Å². The molecule has 1 N–H and O–H groups in total. The molecular formula is C9H17NO2. The molecule has 1 rings (SSSR count). The van der Waals surface area contributed by atoms with Gasteiger partial charge in [0.05, 0.1) is 6.54 Å². The van der Waals surface area contributed by atoms with E-state index in [9.17, 15) is 4.79 Å². The highest BCUT2D eigenvalue weighted by molar-refractivity contribution is 5.86. The fraction of sp³-hybridized carbons (Fsp3) is 0.889. The van der Waals surface area contributed by atoms with Crippen LogP contribution in [0.15, 0.2) is 0 Å². The van der Waals surface area contributed by atoms with Gasteiger partial charge >= 0.3 is 0 Å². The molecule has 1 aliphatic rings. The van der Waals surface area contributed by atoms with Crippen LogP contribution in [0.5, 0.6) is 0 Å². The molecule has 1 fully saturated rings. The van der Waals surface area contributed by atoms with Crippen LogP contribution >= 0.6 is 0 Å². The van der Waals surface area contributed by atoms with Crippen molar-refractivity contribution < 1.29 is 9.53 Å². The van der Waals surface area contributed by atoms with Crippen molar-refractivity contribution in [1.29, 1.82) is 0 Å². The normalized spacial score (nSPS) is 22.2. The Morgan fingerprint density at radius 3 is 2.58 bits per heavy atom. The third kappa shape index (κ3) is 2.05. The predicted molar refractivity (Wildman–Crippen MR) is 47.1 cm³/mol. The summed E-state index contributed by atoms with van der Waals surface area (Å²) < 4.78 is 5.22. The number of ketones is 1. The number of likely N-dealkylation sites (N-methyl/N-ethyl adjacent to an activating group) is 1. The molecule has 0 saturated carbocycles. The smallest absolute Gasteiger partial charge is 0.152 e. The van der Waals surface area contributed by atoms with E-state index in [0.717, 1.165) is 26.1 Å². The summed E-state index contributed by atoms with van der Waals surface area (Å²) in [6, 6.07) is 0. The van der Waals surface area contributed by atoms with E-state index < -0.39 is 0 Å². The van der Waals surface area contributed by atoms with Crippen molar-refractivity contribution in [3.05, 3.63) is 0 Å². The number of hydrogen-bond acceptors (Lipinski definition) is 3. The molecule has 0 aliphatic carbocycles. The maximum atomic E-state index is 11.6. The molecule has 0 aromatic carbocycles. The number of hydrogen-bond donors (Lipinski definition) is 1. The minimum absolute atomic E-state index is 0.138. The number of Topliss-reactive ketones (excluding diaryl/α,β-unsaturated/α-hetero) is 1. The summed E-state index contributed by atoms with van der Waals surface area (Å²) in [5.74, 6) is 0.313. The van der Waals surface area contributed by atoms with Gasteiger partial charge in [-0.25, -0.2) is 0 Å². The summed E-state index contributed by atoms with van der Waals surface area (Å²) in [4.78, 5) is 11.6. The maximum Gasteiger partial charge on any atom is 0.152 e.